The second-order valence-corrected chi connectivity index (χ2v) is 5.01. The first-order chi connectivity index (χ1) is 8.58. The molecule has 0 heterocycles. The highest BCUT2D eigenvalue weighted by molar-refractivity contribution is 5.49. The van der Waals surface area contributed by atoms with Gasteiger partial charge in [0.15, 0.2) is 0 Å². The van der Waals surface area contributed by atoms with Gasteiger partial charge in [0.05, 0.1) is 0 Å². The summed E-state index contributed by atoms with van der Waals surface area (Å²) in [5, 5.41) is 3.50. The van der Waals surface area contributed by atoms with E-state index in [-0.39, 0.29) is 0 Å². The van der Waals surface area contributed by atoms with Gasteiger partial charge in [0.2, 0.25) is 0 Å². The number of rotatable bonds is 3. The van der Waals surface area contributed by atoms with E-state index in [1.54, 1.807) is 0 Å². The van der Waals surface area contributed by atoms with Crippen molar-refractivity contribution in [3.8, 4) is 0 Å². The van der Waals surface area contributed by atoms with Gasteiger partial charge in [-0.25, -0.2) is 0 Å². The first kappa shape index (κ1) is 12.7. The van der Waals surface area contributed by atoms with Crippen LogP contribution in [-0.2, 0) is 6.54 Å². The SMILES string of the molecule is Cc1ccc(NCc2cccc(C)c2C)cc1C. The molecule has 2 aromatic rings. The van der Waals surface area contributed by atoms with Gasteiger partial charge in [-0.1, -0.05) is 24.3 Å². The molecule has 1 nitrogen and oxygen atoms in total. The Labute approximate surface area is 110 Å². The first-order valence-electron chi connectivity index (χ1n) is 6.44. The maximum atomic E-state index is 3.50. The monoisotopic (exact) mass is 239 g/mol. The molecule has 0 bridgehead atoms. The maximum absolute atomic E-state index is 3.50. The highest BCUT2D eigenvalue weighted by Gasteiger charge is 2.01. The van der Waals surface area contributed by atoms with Crippen molar-refractivity contribution in [2.24, 2.45) is 0 Å². The van der Waals surface area contributed by atoms with Gasteiger partial charge in [-0.15, -0.1) is 0 Å². The Morgan fingerprint density at radius 1 is 0.833 bits per heavy atom. The minimum atomic E-state index is 0.885. The molecular weight excluding hydrogens is 218 g/mol. The normalized spacial score (nSPS) is 10.4. The lowest BCUT2D eigenvalue weighted by molar-refractivity contribution is 1.10. The molecule has 0 aliphatic heterocycles. The number of anilines is 1. The molecule has 0 spiro atoms. The molecule has 0 atom stereocenters. The van der Waals surface area contributed by atoms with Gasteiger partial charge in [0.25, 0.3) is 0 Å². The van der Waals surface area contributed by atoms with Gasteiger partial charge < -0.3 is 5.32 Å². The predicted molar refractivity (Wildman–Crippen MR) is 79.2 cm³/mol. The van der Waals surface area contributed by atoms with Crippen LogP contribution in [0.2, 0.25) is 0 Å². The maximum Gasteiger partial charge on any atom is 0.0403 e. The lowest BCUT2D eigenvalue weighted by Gasteiger charge is -2.12. The Morgan fingerprint density at radius 2 is 1.61 bits per heavy atom. The molecule has 1 heteroatoms. The molecule has 0 saturated heterocycles. The summed E-state index contributed by atoms with van der Waals surface area (Å²) in [5.41, 5.74) is 7.98. The minimum Gasteiger partial charge on any atom is -0.381 e. The van der Waals surface area contributed by atoms with Crippen LogP contribution in [-0.4, -0.2) is 0 Å². The van der Waals surface area contributed by atoms with Crippen LogP contribution in [0.5, 0.6) is 0 Å². The Balaban J connectivity index is 2.11. The van der Waals surface area contributed by atoms with E-state index in [1.165, 1.54) is 33.5 Å². The topological polar surface area (TPSA) is 12.0 Å². The molecule has 0 amide bonds. The molecule has 0 aromatic heterocycles. The van der Waals surface area contributed by atoms with Gasteiger partial charge in [-0.3, -0.25) is 0 Å². The van der Waals surface area contributed by atoms with E-state index in [0.717, 1.165) is 6.54 Å². The van der Waals surface area contributed by atoms with E-state index in [1.807, 2.05) is 0 Å². The summed E-state index contributed by atoms with van der Waals surface area (Å²) in [5.74, 6) is 0. The van der Waals surface area contributed by atoms with Crippen molar-refractivity contribution in [3.63, 3.8) is 0 Å². The number of hydrogen-bond acceptors (Lipinski definition) is 1. The number of benzene rings is 2. The minimum absolute atomic E-state index is 0.885. The van der Waals surface area contributed by atoms with Crippen LogP contribution >= 0.6 is 0 Å². The summed E-state index contributed by atoms with van der Waals surface area (Å²) >= 11 is 0. The van der Waals surface area contributed by atoms with Gasteiger partial charge in [-0.05, 0) is 67.6 Å². The largest absolute Gasteiger partial charge is 0.381 e. The second-order valence-electron chi connectivity index (χ2n) is 5.01. The fraction of sp³-hybridized carbons (Fsp3) is 0.294. The quantitative estimate of drug-likeness (QED) is 0.829. The van der Waals surface area contributed by atoms with Crippen molar-refractivity contribution in [2.45, 2.75) is 34.2 Å². The summed E-state index contributed by atoms with van der Waals surface area (Å²) in [4.78, 5) is 0. The Bertz CT molecular complexity index is 556. The van der Waals surface area contributed by atoms with E-state index < -0.39 is 0 Å². The average Bonchev–Trinajstić information content (AvgIpc) is 2.35. The van der Waals surface area contributed by atoms with Crippen LogP contribution in [0.25, 0.3) is 0 Å². The van der Waals surface area contributed by atoms with Crippen LogP contribution in [0.4, 0.5) is 5.69 Å². The highest BCUT2D eigenvalue weighted by Crippen LogP contribution is 2.17. The average molecular weight is 239 g/mol. The Morgan fingerprint density at radius 3 is 2.33 bits per heavy atom. The van der Waals surface area contributed by atoms with Crippen LogP contribution in [0, 0.1) is 27.7 Å². The van der Waals surface area contributed by atoms with Crippen molar-refractivity contribution in [1.29, 1.82) is 0 Å². The van der Waals surface area contributed by atoms with Crippen molar-refractivity contribution in [3.05, 3.63) is 64.2 Å². The predicted octanol–water partition coefficient (Wildman–Crippen LogP) is 4.53. The molecular formula is C17H21N. The molecule has 0 fully saturated rings. The van der Waals surface area contributed by atoms with E-state index in [2.05, 4.69) is 69.4 Å². The third kappa shape index (κ3) is 2.73. The van der Waals surface area contributed by atoms with Gasteiger partial charge in [-0.2, -0.15) is 0 Å². The number of nitrogens with one attached hydrogen (secondary N) is 1. The third-order valence-corrected chi connectivity index (χ3v) is 3.71. The fourth-order valence-electron chi connectivity index (χ4n) is 2.05. The van der Waals surface area contributed by atoms with Crippen molar-refractivity contribution in [1.82, 2.24) is 0 Å². The zero-order valence-corrected chi connectivity index (χ0v) is 11.7. The molecule has 0 saturated carbocycles. The molecule has 2 rings (SSSR count). The van der Waals surface area contributed by atoms with Gasteiger partial charge >= 0.3 is 0 Å². The molecule has 0 aliphatic carbocycles. The zero-order valence-electron chi connectivity index (χ0n) is 11.7. The van der Waals surface area contributed by atoms with E-state index in [4.69, 9.17) is 0 Å². The molecule has 0 aliphatic rings. The summed E-state index contributed by atoms with van der Waals surface area (Å²) in [7, 11) is 0. The molecule has 0 unspecified atom stereocenters. The van der Waals surface area contributed by atoms with Crippen molar-refractivity contribution < 1.29 is 0 Å². The van der Waals surface area contributed by atoms with Crippen LogP contribution in [0.1, 0.15) is 27.8 Å². The van der Waals surface area contributed by atoms with Gasteiger partial charge in [0.1, 0.15) is 0 Å². The summed E-state index contributed by atoms with van der Waals surface area (Å²) < 4.78 is 0. The molecule has 18 heavy (non-hydrogen) atoms. The lowest BCUT2D eigenvalue weighted by Crippen LogP contribution is -2.02. The third-order valence-electron chi connectivity index (χ3n) is 3.71. The van der Waals surface area contributed by atoms with Crippen LogP contribution in [0.3, 0.4) is 0 Å². The van der Waals surface area contributed by atoms with Crippen molar-refractivity contribution in [2.75, 3.05) is 5.32 Å². The lowest BCUT2D eigenvalue weighted by atomic mass is 10.0. The van der Waals surface area contributed by atoms with Crippen LogP contribution in [0.15, 0.2) is 36.4 Å². The fourth-order valence-corrected chi connectivity index (χ4v) is 2.05. The molecule has 2 aromatic carbocycles. The van der Waals surface area contributed by atoms with E-state index in [9.17, 15) is 0 Å². The van der Waals surface area contributed by atoms with Crippen LogP contribution < -0.4 is 5.32 Å². The summed E-state index contributed by atoms with van der Waals surface area (Å²) in [6, 6.07) is 13.0. The molecule has 94 valence electrons. The first-order valence-corrected chi connectivity index (χ1v) is 6.44. The second kappa shape index (κ2) is 5.26. The Kier molecular flexibility index (Phi) is 3.71. The smallest absolute Gasteiger partial charge is 0.0403 e. The summed E-state index contributed by atoms with van der Waals surface area (Å²) in [6.07, 6.45) is 0. The molecule has 1 N–H and O–H groups in total. The van der Waals surface area contributed by atoms with E-state index >= 15 is 0 Å². The number of hydrogen-bond donors (Lipinski definition) is 1. The van der Waals surface area contributed by atoms with Gasteiger partial charge in [0, 0.05) is 12.2 Å². The highest BCUT2D eigenvalue weighted by atomic mass is 14.9. The summed E-state index contributed by atoms with van der Waals surface area (Å²) in [6.45, 7) is 9.53. The van der Waals surface area contributed by atoms with E-state index in [0.29, 0.717) is 0 Å². The zero-order chi connectivity index (χ0) is 13.1. The van der Waals surface area contributed by atoms with Crippen molar-refractivity contribution >= 4 is 5.69 Å². The number of aryl methyl sites for hydroxylation is 3. The standard InChI is InChI=1S/C17H21N/c1-12-8-9-17(10-14(12)3)18-11-16-7-5-6-13(2)15(16)4/h5-10,18H,11H2,1-4H3. The Hall–Kier alpha value is -1.76. The molecule has 0 radical (unpaired) electrons.